The summed E-state index contributed by atoms with van der Waals surface area (Å²) < 4.78 is 15.1. The van der Waals surface area contributed by atoms with Crippen LogP contribution in [0, 0.1) is 5.82 Å². The number of benzene rings is 2. The molecule has 0 amide bonds. The van der Waals surface area contributed by atoms with E-state index >= 15 is 0 Å². The Kier molecular flexibility index (Phi) is 5.82. The molecule has 0 radical (unpaired) electrons. The van der Waals surface area contributed by atoms with E-state index in [4.69, 9.17) is 11.6 Å². The first-order valence-corrected chi connectivity index (χ1v) is 9.30. The minimum atomic E-state index is -0.995. The minimum absolute atomic E-state index is 0.229. The van der Waals surface area contributed by atoms with Crippen LogP contribution in [0.15, 0.2) is 42.5 Å². The first-order valence-electron chi connectivity index (χ1n) is 8.93. The Labute approximate surface area is 162 Å². The number of carboxylic acid groups (broad SMARTS) is 1. The first-order chi connectivity index (χ1) is 12.9. The average Bonchev–Trinajstić information content (AvgIpc) is 2.96. The second-order valence-electron chi connectivity index (χ2n) is 6.66. The standard InChI is InChI=1S/C21H22ClFN2O2/c1-3-13(2)24-11-17-16-6-4-5-7-19(16)25(20(17)21(26)27)12-14-8-9-15(23)10-18(14)22/h4-10,13,24H,3,11-12H2,1-2H3,(H,26,27)/t13-/m0/s1. The molecule has 0 saturated carbocycles. The van der Waals surface area contributed by atoms with Gasteiger partial charge in [0.05, 0.1) is 0 Å². The molecule has 0 aliphatic rings. The van der Waals surface area contributed by atoms with Gasteiger partial charge in [-0.3, -0.25) is 0 Å². The predicted octanol–water partition coefficient (Wildman–Crippen LogP) is 5.07. The number of aromatic nitrogens is 1. The molecule has 0 bridgehead atoms. The van der Waals surface area contributed by atoms with Crippen LogP contribution in [0.5, 0.6) is 0 Å². The molecule has 0 spiro atoms. The molecule has 1 aromatic heterocycles. The smallest absolute Gasteiger partial charge is 0.352 e. The fourth-order valence-corrected chi connectivity index (χ4v) is 3.43. The number of carboxylic acids is 1. The highest BCUT2D eigenvalue weighted by Gasteiger charge is 2.23. The molecular weight excluding hydrogens is 367 g/mol. The lowest BCUT2D eigenvalue weighted by atomic mass is 10.1. The monoisotopic (exact) mass is 388 g/mol. The molecule has 6 heteroatoms. The van der Waals surface area contributed by atoms with Crippen molar-refractivity contribution in [2.75, 3.05) is 0 Å². The number of rotatable bonds is 7. The fraction of sp³-hybridized carbons (Fsp3) is 0.286. The van der Waals surface area contributed by atoms with Crippen molar-refractivity contribution in [2.24, 2.45) is 0 Å². The van der Waals surface area contributed by atoms with E-state index in [1.807, 2.05) is 24.3 Å². The lowest BCUT2D eigenvalue weighted by Crippen LogP contribution is -2.25. The van der Waals surface area contributed by atoms with Gasteiger partial charge in [-0.15, -0.1) is 0 Å². The number of hydrogen-bond acceptors (Lipinski definition) is 2. The minimum Gasteiger partial charge on any atom is -0.477 e. The summed E-state index contributed by atoms with van der Waals surface area (Å²) >= 11 is 6.18. The Hall–Kier alpha value is -2.37. The Morgan fingerprint density at radius 2 is 2.04 bits per heavy atom. The summed E-state index contributed by atoms with van der Waals surface area (Å²) in [7, 11) is 0. The van der Waals surface area contributed by atoms with E-state index < -0.39 is 11.8 Å². The molecule has 0 unspecified atom stereocenters. The van der Waals surface area contributed by atoms with Crippen LogP contribution >= 0.6 is 11.6 Å². The van der Waals surface area contributed by atoms with E-state index in [2.05, 4.69) is 19.2 Å². The second-order valence-corrected chi connectivity index (χ2v) is 7.07. The summed E-state index contributed by atoms with van der Waals surface area (Å²) in [5.41, 5.74) is 2.46. The van der Waals surface area contributed by atoms with Gasteiger partial charge in [-0.05, 0) is 37.1 Å². The van der Waals surface area contributed by atoms with Gasteiger partial charge in [0.25, 0.3) is 0 Å². The van der Waals surface area contributed by atoms with Crippen molar-refractivity contribution in [3.8, 4) is 0 Å². The number of nitrogens with one attached hydrogen (secondary N) is 1. The summed E-state index contributed by atoms with van der Waals surface area (Å²) in [6.45, 7) is 4.86. The number of fused-ring (bicyclic) bond motifs is 1. The van der Waals surface area contributed by atoms with Crippen molar-refractivity contribution >= 4 is 28.5 Å². The zero-order chi connectivity index (χ0) is 19.6. The van der Waals surface area contributed by atoms with Gasteiger partial charge in [-0.1, -0.05) is 42.8 Å². The Bertz CT molecular complexity index is 984. The zero-order valence-electron chi connectivity index (χ0n) is 15.3. The quantitative estimate of drug-likeness (QED) is 0.594. The molecule has 0 fully saturated rings. The van der Waals surface area contributed by atoms with Crippen LogP contribution in [0.25, 0.3) is 10.9 Å². The molecule has 0 aliphatic heterocycles. The molecule has 3 aromatic rings. The normalized spacial score (nSPS) is 12.4. The number of hydrogen-bond donors (Lipinski definition) is 2. The largest absolute Gasteiger partial charge is 0.477 e. The van der Waals surface area contributed by atoms with Gasteiger partial charge >= 0.3 is 5.97 Å². The predicted molar refractivity (Wildman–Crippen MR) is 106 cm³/mol. The lowest BCUT2D eigenvalue weighted by molar-refractivity contribution is 0.0684. The Morgan fingerprint density at radius 3 is 2.70 bits per heavy atom. The summed E-state index contributed by atoms with van der Waals surface area (Å²) in [6, 6.07) is 12.0. The van der Waals surface area contributed by atoms with E-state index in [1.54, 1.807) is 10.6 Å². The molecule has 0 saturated heterocycles. The van der Waals surface area contributed by atoms with Crippen LogP contribution in [0.2, 0.25) is 5.02 Å². The molecular formula is C21H22ClFN2O2. The van der Waals surface area contributed by atoms with Gasteiger partial charge in [-0.25, -0.2) is 9.18 Å². The summed E-state index contributed by atoms with van der Waals surface area (Å²) in [5, 5.41) is 14.5. The van der Waals surface area contributed by atoms with Crippen molar-refractivity contribution in [3.63, 3.8) is 0 Å². The molecule has 4 nitrogen and oxygen atoms in total. The number of carbonyl (C=O) groups is 1. The SMILES string of the molecule is CC[C@H](C)NCc1c(C(=O)O)n(Cc2ccc(F)cc2Cl)c2ccccc12. The number of halogens is 2. The highest BCUT2D eigenvalue weighted by Crippen LogP contribution is 2.29. The van der Waals surface area contributed by atoms with Crippen molar-refractivity contribution in [2.45, 2.75) is 39.4 Å². The fourth-order valence-electron chi connectivity index (χ4n) is 3.20. The number of nitrogens with zero attached hydrogens (tertiary/aromatic N) is 1. The molecule has 2 aromatic carbocycles. The topological polar surface area (TPSA) is 54.3 Å². The highest BCUT2D eigenvalue weighted by molar-refractivity contribution is 6.31. The molecule has 2 N–H and O–H groups in total. The summed E-state index contributed by atoms with van der Waals surface area (Å²) in [6.07, 6.45) is 0.951. The molecule has 1 atom stereocenters. The van der Waals surface area contributed by atoms with Crippen molar-refractivity contribution in [3.05, 3.63) is 70.1 Å². The maximum absolute atomic E-state index is 13.4. The molecule has 3 rings (SSSR count). The number of aromatic carboxylic acids is 1. The maximum atomic E-state index is 13.4. The van der Waals surface area contributed by atoms with Crippen molar-refractivity contribution in [1.82, 2.24) is 9.88 Å². The van der Waals surface area contributed by atoms with E-state index in [9.17, 15) is 14.3 Å². The van der Waals surface area contributed by atoms with Crippen LogP contribution in [0.4, 0.5) is 4.39 Å². The van der Waals surface area contributed by atoms with Crippen molar-refractivity contribution in [1.29, 1.82) is 0 Å². The lowest BCUT2D eigenvalue weighted by Gasteiger charge is -2.13. The van der Waals surface area contributed by atoms with Gasteiger partial charge in [0.15, 0.2) is 0 Å². The van der Waals surface area contributed by atoms with Crippen LogP contribution in [0.1, 0.15) is 41.9 Å². The first kappa shape index (κ1) is 19.4. The van der Waals surface area contributed by atoms with E-state index in [1.165, 1.54) is 12.1 Å². The molecule has 27 heavy (non-hydrogen) atoms. The Balaban J connectivity index is 2.13. The van der Waals surface area contributed by atoms with Crippen LogP contribution in [-0.4, -0.2) is 21.7 Å². The molecule has 142 valence electrons. The van der Waals surface area contributed by atoms with Crippen molar-refractivity contribution < 1.29 is 14.3 Å². The third-order valence-electron chi connectivity index (χ3n) is 4.86. The maximum Gasteiger partial charge on any atom is 0.352 e. The highest BCUT2D eigenvalue weighted by atomic mass is 35.5. The molecule has 0 aliphatic carbocycles. The second kappa shape index (κ2) is 8.11. The zero-order valence-corrected chi connectivity index (χ0v) is 16.1. The van der Waals surface area contributed by atoms with Gasteiger partial charge in [0, 0.05) is 40.6 Å². The summed E-state index contributed by atoms with van der Waals surface area (Å²) in [4.78, 5) is 12.1. The number of para-hydroxylation sites is 1. The van der Waals surface area contributed by atoms with Crippen LogP contribution in [0.3, 0.4) is 0 Å². The average molecular weight is 389 g/mol. The Morgan fingerprint density at radius 1 is 1.30 bits per heavy atom. The van der Waals surface area contributed by atoms with Gasteiger partial charge in [0.1, 0.15) is 11.5 Å². The molecule has 1 heterocycles. The van der Waals surface area contributed by atoms with Gasteiger partial charge in [0.2, 0.25) is 0 Å². The van der Waals surface area contributed by atoms with E-state index in [-0.39, 0.29) is 23.3 Å². The van der Waals surface area contributed by atoms with Crippen LogP contribution < -0.4 is 5.32 Å². The van der Waals surface area contributed by atoms with Crippen LogP contribution in [-0.2, 0) is 13.1 Å². The van der Waals surface area contributed by atoms with Gasteiger partial charge in [-0.2, -0.15) is 0 Å². The third kappa shape index (κ3) is 3.99. The summed E-state index contributed by atoms with van der Waals surface area (Å²) in [5.74, 6) is -1.41. The van der Waals surface area contributed by atoms with E-state index in [0.29, 0.717) is 12.1 Å². The van der Waals surface area contributed by atoms with E-state index in [0.717, 1.165) is 22.9 Å². The third-order valence-corrected chi connectivity index (χ3v) is 5.21. The van der Waals surface area contributed by atoms with Gasteiger partial charge < -0.3 is 15.0 Å².